The smallest absolute Gasteiger partial charge is 0.287 e. The van der Waals surface area contributed by atoms with E-state index in [2.05, 4.69) is 41.0 Å². The van der Waals surface area contributed by atoms with Crippen LogP contribution in [-0.4, -0.2) is 49.6 Å². The highest BCUT2D eigenvalue weighted by molar-refractivity contribution is 14.0. The molecule has 0 aliphatic rings. The zero-order valence-electron chi connectivity index (χ0n) is 13.4. The summed E-state index contributed by atoms with van der Waals surface area (Å²) >= 11 is 1.80. The number of aliphatic imine (C=N–C) groups is 1. The van der Waals surface area contributed by atoms with Crippen LogP contribution in [0.3, 0.4) is 0 Å². The number of furan rings is 1. The van der Waals surface area contributed by atoms with E-state index in [-0.39, 0.29) is 34.6 Å². The molecule has 0 fully saturated rings. The number of nitrogens with one attached hydrogen (secondary N) is 3. The van der Waals surface area contributed by atoms with Gasteiger partial charge in [0, 0.05) is 31.4 Å². The molecule has 0 unspecified atom stereocenters. The Balaban J connectivity index is 0.00000441. The number of guanidine groups is 1. The fraction of sp³-hybridized carbons (Fsp3) is 0.571. The van der Waals surface area contributed by atoms with Crippen molar-refractivity contribution in [2.75, 3.05) is 32.9 Å². The lowest BCUT2D eigenvalue weighted by Crippen LogP contribution is -2.45. The molecule has 22 heavy (non-hydrogen) atoms. The van der Waals surface area contributed by atoms with Gasteiger partial charge in [0.05, 0.1) is 6.26 Å². The van der Waals surface area contributed by atoms with Crippen LogP contribution in [0.1, 0.15) is 24.4 Å². The second-order valence-electron chi connectivity index (χ2n) is 5.05. The zero-order chi connectivity index (χ0) is 15.7. The van der Waals surface area contributed by atoms with Crippen LogP contribution >= 0.6 is 35.7 Å². The molecule has 126 valence electrons. The van der Waals surface area contributed by atoms with Gasteiger partial charge in [-0.25, -0.2) is 0 Å². The summed E-state index contributed by atoms with van der Waals surface area (Å²) in [5, 5.41) is 9.18. The van der Waals surface area contributed by atoms with Crippen molar-refractivity contribution < 1.29 is 9.21 Å². The highest BCUT2D eigenvalue weighted by Gasteiger charge is 2.16. The largest absolute Gasteiger partial charge is 0.459 e. The van der Waals surface area contributed by atoms with Crippen LogP contribution in [0, 0.1) is 0 Å². The lowest BCUT2D eigenvalue weighted by molar-refractivity contribution is 0.0926. The standard InChI is InChI=1S/C14H24N4O2S.HI/c1-14(2,21-4)10-18-13(15-3)17-8-7-16-12(19)11-6-5-9-20-11;/h5-6,9H,7-8,10H2,1-4H3,(H,16,19)(H2,15,17,18);1H. The Kier molecular flexibility index (Phi) is 10.3. The van der Waals surface area contributed by atoms with Gasteiger partial charge >= 0.3 is 0 Å². The molecule has 1 rings (SSSR count). The molecule has 1 amide bonds. The van der Waals surface area contributed by atoms with Gasteiger partial charge in [-0.3, -0.25) is 9.79 Å². The van der Waals surface area contributed by atoms with Crippen LogP contribution < -0.4 is 16.0 Å². The number of thioether (sulfide) groups is 1. The lowest BCUT2D eigenvalue weighted by Gasteiger charge is -2.23. The predicted molar refractivity (Wildman–Crippen MR) is 103 cm³/mol. The highest BCUT2D eigenvalue weighted by Crippen LogP contribution is 2.19. The number of hydrogen-bond donors (Lipinski definition) is 3. The van der Waals surface area contributed by atoms with Gasteiger partial charge in [-0.15, -0.1) is 24.0 Å². The maximum atomic E-state index is 11.6. The van der Waals surface area contributed by atoms with Gasteiger partial charge in [0.1, 0.15) is 0 Å². The van der Waals surface area contributed by atoms with E-state index < -0.39 is 0 Å². The van der Waals surface area contributed by atoms with E-state index >= 15 is 0 Å². The summed E-state index contributed by atoms with van der Waals surface area (Å²) in [6.07, 6.45) is 3.56. The van der Waals surface area contributed by atoms with Crippen LogP contribution in [-0.2, 0) is 0 Å². The first-order valence-corrected chi connectivity index (χ1v) is 8.02. The number of amides is 1. The SMILES string of the molecule is CN=C(NCCNC(=O)c1ccco1)NCC(C)(C)SC.I. The maximum Gasteiger partial charge on any atom is 0.287 e. The van der Waals surface area contributed by atoms with Gasteiger partial charge in [-0.1, -0.05) is 0 Å². The minimum atomic E-state index is -0.215. The second-order valence-corrected chi connectivity index (χ2v) is 6.56. The van der Waals surface area contributed by atoms with Gasteiger partial charge in [0.2, 0.25) is 0 Å². The Morgan fingerprint density at radius 2 is 2.00 bits per heavy atom. The Morgan fingerprint density at radius 1 is 1.32 bits per heavy atom. The second kappa shape index (κ2) is 10.8. The summed E-state index contributed by atoms with van der Waals surface area (Å²) in [6.45, 7) is 6.23. The average molecular weight is 440 g/mol. The van der Waals surface area contributed by atoms with Gasteiger partial charge in [-0.05, 0) is 32.2 Å². The van der Waals surface area contributed by atoms with Crippen molar-refractivity contribution in [2.45, 2.75) is 18.6 Å². The summed E-state index contributed by atoms with van der Waals surface area (Å²) in [5.41, 5.74) is 0. The number of hydrogen-bond acceptors (Lipinski definition) is 4. The molecule has 0 aliphatic heterocycles. The molecular formula is C14H25IN4O2S. The van der Waals surface area contributed by atoms with E-state index in [1.54, 1.807) is 30.9 Å². The molecule has 0 atom stereocenters. The average Bonchev–Trinajstić information content (AvgIpc) is 3.00. The van der Waals surface area contributed by atoms with Gasteiger partial charge < -0.3 is 20.4 Å². The third kappa shape index (κ3) is 7.92. The zero-order valence-corrected chi connectivity index (χ0v) is 16.6. The monoisotopic (exact) mass is 440 g/mol. The number of carbonyl (C=O) groups excluding carboxylic acids is 1. The molecule has 8 heteroatoms. The Hall–Kier alpha value is -0.900. The highest BCUT2D eigenvalue weighted by atomic mass is 127. The molecule has 0 aliphatic carbocycles. The summed E-state index contributed by atoms with van der Waals surface area (Å²) in [5.74, 6) is 0.830. The van der Waals surface area contributed by atoms with E-state index in [1.165, 1.54) is 6.26 Å². The van der Waals surface area contributed by atoms with Crippen LogP contribution in [0.5, 0.6) is 0 Å². The molecule has 6 nitrogen and oxygen atoms in total. The normalized spacial score (nSPS) is 11.5. The quantitative estimate of drug-likeness (QED) is 0.262. The fourth-order valence-corrected chi connectivity index (χ4v) is 1.66. The van der Waals surface area contributed by atoms with Crippen molar-refractivity contribution in [1.29, 1.82) is 0 Å². The van der Waals surface area contributed by atoms with Crippen molar-refractivity contribution in [3.05, 3.63) is 24.2 Å². The molecular weight excluding hydrogens is 415 g/mol. The van der Waals surface area contributed by atoms with E-state index in [4.69, 9.17) is 4.42 Å². The van der Waals surface area contributed by atoms with E-state index in [1.807, 2.05) is 0 Å². The molecule has 1 heterocycles. The molecule has 0 bridgehead atoms. The molecule has 0 saturated carbocycles. The molecule has 0 spiro atoms. The summed E-state index contributed by atoms with van der Waals surface area (Å²) in [7, 11) is 1.73. The molecule has 1 aromatic rings. The first kappa shape index (κ1) is 21.1. The third-order valence-corrected chi connectivity index (χ3v) is 4.16. The number of rotatable bonds is 7. The van der Waals surface area contributed by atoms with Crippen molar-refractivity contribution in [1.82, 2.24) is 16.0 Å². The van der Waals surface area contributed by atoms with Gasteiger partial charge in [0.25, 0.3) is 5.91 Å². The van der Waals surface area contributed by atoms with E-state index in [0.29, 0.717) is 18.8 Å². The van der Waals surface area contributed by atoms with Crippen molar-refractivity contribution >= 4 is 47.6 Å². The first-order valence-electron chi connectivity index (χ1n) is 6.80. The maximum absolute atomic E-state index is 11.6. The molecule has 3 N–H and O–H groups in total. The third-order valence-electron chi connectivity index (χ3n) is 2.91. The number of carbonyl (C=O) groups is 1. The predicted octanol–water partition coefficient (Wildman–Crippen LogP) is 1.93. The number of nitrogens with zero attached hydrogens (tertiary/aromatic N) is 1. The topological polar surface area (TPSA) is 78.7 Å². The van der Waals surface area contributed by atoms with Crippen LogP contribution in [0.2, 0.25) is 0 Å². The minimum absolute atomic E-state index is 0. The summed E-state index contributed by atoms with van der Waals surface area (Å²) in [4.78, 5) is 15.8. The van der Waals surface area contributed by atoms with Crippen LogP contribution in [0.4, 0.5) is 0 Å². The lowest BCUT2D eigenvalue weighted by atomic mass is 10.2. The van der Waals surface area contributed by atoms with Gasteiger partial charge in [0.15, 0.2) is 11.7 Å². The molecule has 0 saturated heterocycles. The van der Waals surface area contributed by atoms with Gasteiger partial charge in [-0.2, -0.15) is 11.8 Å². The molecule has 1 aromatic heterocycles. The van der Waals surface area contributed by atoms with E-state index in [0.717, 1.165) is 12.5 Å². The fourth-order valence-electron chi connectivity index (χ4n) is 1.44. The molecule has 0 aromatic carbocycles. The Bertz CT molecular complexity index is 463. The summed E-state index contributed by atoms with van der Waals surface area (Å²) in [6, 6.07) is 3.32. The Morgan fingerprint density at radius 3 is 2.55 bits per heavy atom. The Labute approximate surface area is 153 Å². The van der Waals surface area contributed by atoms with E-state index in [9.17, 15) is 4.79 Å². The van der Waals surface area contributed by atoms with Crippen molar-refractivity contribution in [3.8, 4) is 0 Å². The first-order chi connectivity index (χ1) is 9.98. The van der Waals surface area contributed by atoms with Crippen molar-refractivity contribution in [2.24, 2.45) is 4.99 Å². The van der Waals surface area contributed by atoms with Crippen molar-refractivity contribution in [3.63, 3.8) is 0 Å². The molecule has 0 radical (unpaired) electrons. The summed E-state index contributed by atoms with van der Waals surface area (Å²) < 4.78 is 5.16. The minimum Gasteiger partial charge on any atom is -0.459 e. The van der Waals surface area contributed by atoms with Crippen LogP contribution in [0.15, 0.2) is 27.8 Å². The number of halogens is 1. The van der Waals surface area contributed by atoms with Crippen LogP contribution in [0.25, 0.3) is 0 Å².